The lowest BCUT2D eigenvalue weighted by molar-refractivity contribution is -0.240. The molecule has 1 saturated carbocycles. The quantitative estimate of drug-likeness (QED) is 0.597. The van der Waals surface area contributed by atoms with Crippen LogP contribution in [0.25, 0.3) is 0 Å². The molecular formula is C21H26O8. The molecule has 2 N–H and O–H groups in total. The van der Waals surface area contributed by atoms with Crippen LogP contribution in [0.1, 0.15) is 40.0 Å². The first-order valence-corrected chi connectivity index (χ1v) is 10.2. The van der Waals surface area contributed by atoms with Crippen LogP contribution in [0.3, 0.4) is 0 Å². The van der Waals surface area contributed by atoms with E-state index in [1.54, 1.807) is 6.92 Å². The molecule has 158 valence electrons. The third kappa shape index (κ3) is 1.80. The lowest BCUT2D eigenvalue weighted by atomic mass is 9.46. The normalized spacial score (nSPS) is 50.2. The van der Waals surface area contributed by atoms with Crippen molar-refractivity contribution < 1.29 is 38.8 Å². The molecule has 2 saturated heterocycles. The van der Waals surface area contributed by atoms with Crippen molar-refractivity contribution in [3.05, 3.63) is 11.1 Å². The molecule has 0 aromatic carbocycles. The van der Waals surface area contributed by atoms with Gasteiger partial charge in [-0.1, -0.05) is 27.2 Å². The fourth-order valence-corrected chi connectivity index (χ4v) is 6.84. The van der Waals surface area contributed by atoms with Gasteiger partial charge in [-0.05, 0) is 18.3 Å². The number of fused-ring (bicyclic) bond motifs is 1. The molecule has 0 aromatic heterocycles. The number of aliphatic hydroxyl groups is 2. The standard InChI is InChI=1S/C21H26O8/c1-9-8-28-21(26)16(23)11-10(15(22)20(9,21)25)12(27-4)13-14-18(2,3)6-5-7-19(11,14)17(24)29-13/h9,12-14,25-26H,5-8H2,1-4H3. The molecule has 2 heterocycles. The third-order valence-electron chi connectivity index (χ3n) is 8.15. The average molecular weight is 406 g/mol. The SMILES string of the molecule is COC1C2=C(C(=O)C3(O)OCC(C)C3(O)C2=O)C23CCCC(C)(C)C2C1OC3=O. The topological polar surface area (TPSA) is 119 Å². The van der Waals surface area contributed by atoms with Gasteiger partial charge in [0.25, 0.3) is 5.79 Å². The Morgan fingerprint density at radius 2 is 1.79 bits per heavy atom. The van der Waals surface area contributed by atoms with E-state index in [0.717, 1.165) is 6.42 Å². The average Bonchev–Trinajstić information content (AvgIpc) is 3.06. The van der Waals surface area contributed by atoms with E-state index in [2.05, 4.69) is 0 Å². The summed E-state index contributed by atoms with van der Waals surface area (Å²) >= 11 is 0. The van der Waals surface area contributed by atoms with Gasteiger partial charge in [-0.2, -0.15) is 0 Å². The number of ether oxygens (including phenoxy) is 3. The van der Waals surface area contributed by atoms with Crippen molar-refractivity contribution in [2.45, 2.75) is 63.6 Å². The lowest BCUT2D eigenvalue weighted by Crippen LogP contribution is -2.71. The van der Waals surface area contributed by atoms with Crippen molar-refractivity contribution in [1.29, 1.82) is 0 Å². The van der Waals surface area contributed by atoms with Gasteiger partial charge in [-0.25, -0.2) is 0 Å². The molecule has 0 amide bonds. The molecule has 8 heteroatoms. The molecule has 0 spiro atoms. The van der Waals surface area contributed by atoms with Crippen LogP contribution in [0, 0.1) is 22.7 Å². The van der Waals surface area contributed by atoms with Crippen molar-refractivity contribution in [1.82, 2.24) is 0 Å². The number of methoxy groups -OCH3 is 1. The van der Waals surface area contributed by atoms with Gasteiger partial charge in [-0.15, -0.1) is 0 Å². The summed E-state index contributed by atoms with van der Waals surface area (Å²) in [6.07, 6.45) is 0.126. The molecule has 2 bridgehead atoms. The fourth-order valence-electron chi connectivity index (χ4n) is 6.84. The van der Waals surface area contributed by atoms with Crippen molar-refractivity contribution in [3.8, 4) is 0 Å². The van der Waals surface area contributed by atoms with E-state index >= 15 is 0 Å². The highest BCUT2D eigenvalue weighted by Crippen LogP contribution is 2.67. The number of carbonyl (C=O) groups excluding carboxylic acids is 3. The predicted octanol–water partition coefficient (Wildman–Crippen LogP) is 0.287. The zero-order chi connectivity index (χ0) is 21.1. The van der Waals surface area contributed by atoms with Gasteiger partial charge >= 0.3 is 5.97 Å². The highest BCUT2D eigenvalue weighted by atomic mass is 16.7. The van der Waals surface area contributed by atoms with Crippen LogP contribution < -0.4 is 0 Å². The number of esters is 1. The van der Waals surface area contributed by atoms with Gasteiger partial charge < -0.3 is 24.4 Å². The molecule has 8 nitrogen and oxygen atoms in total. The Bertz CT molecular complexity index is 889. The number of carbonyl (C=O) groups is 3. The second-order valence-corrected chi connectivity index (χ2v) is 9.89. The van der Waals surface area contributed by atoms with Crippen molar-refractivity contribution in [2.24, 2.45) is 22.7 Å². The summed E-state index contributed by atoms with van der Waals surface area (Å²) in [6.45, 7) is 5.43. The summed E-state index contributed by atoms with van der Waals surface area (Å²) in [7, 11) is 1.39. The van der Waals surface area contributed by atoms with Crippen LogP contribution >= 0.6 is 0 Å². The highest BCUT2D eigenvalue weighted by molar-refractivity contribution is 6.23. The van der Waals surface area contributed by atoms with E-state index in [1.165, 1.54) is 7.11 Å². The van der Waals surface area contributed by atoms with Gasteiger partial charge in [0.1, 0.15) is 17.6 Å². The Morgan fingerprint density at radius 1 is 1.10 bits per heavy atom. The lowest BCUT2D eigenvalue weighted by Gasteiger charge is -2.55. The van der Waals surface area contributed by atoms with E-state index in [0.29, 0.717) is 12.8 Å². The molecule has 2 aliphatic heterocycles. The number of ketones is 2. The summed E-state index contributed by atoms with van der Waals surface area (Å²) in [5, 5.41) is 22.4. The van der Waals surface area contributed by atoms with Crippen LogP contribution in [0.4, 0.5) is 0 Å². The van der Waals surface area contributed by atoms with Crippen LogP contribution in [-0.2, 0) is 28.6 Å². The van der Waals surface area contributed by atoms with Crippen molar-refractivity contribution >= 4 is 17.5 Å². The first-order valence-electron chi connectivity index (χ1n) is 10.2. The maximum absolute atomic E-state index is 13.7. The maximum Gasteiger partial charge on any atom is 0.317 e. The minimum Gasteiger partial charge on any atom is -0.458 e. The fraction of sp³-hybridized carbons (Fsp3) is 0.762. The van der Waals surface area contributed by atoms with Gasteiger partial charge in [0.2, 0.25) is 5.78 Å². The number of rotatable bonds is 1. The Balaban J connectivity index is 1.85. The van der Waals surface area contributed by atoms with Crippen LogP contribution in [0.15, 0.2) is 11.1 Å². The van der Waals surface area contributed by atoms with E-state index in [4.69, 9.17) is 14.2 Å². The number of Topliss-reactive ketones (excluding diaryl/α,β-unsaturated/α-hetero) is 2. The molecule has 7 unspecified atom stereocenters. The van der Waals surface area contributed by atoms with Crippen molar-refractivity contribution in [2.75, 3.05) is 13.7 Å². The zero-order valence-electron chi connectivity index (χ0n) is 17.0. The van der Waals surface area contributed by atoms with Crippen LogP contribution in [0.2, 0.25) is 0 Å². The second kappa shape index (κ2) is 5.35. The second-order valence-electron chi connectivity index (χ2n) is 9.89. The minimum absolute atomic E-state index is 0.0353. The summed E-state index contributed by atoms with van der Waals surface area (Å²) in [4.78, 5) is 40.6. The molecule has 5 rings (SSSR count). The molecule has 7 atom stereocenters. The van der Waals surface area contributed by atoms with Crippen LogP contribution in [0.5, 0.6) is 0 Å². The Hall–Kier alpha value is -1.61. The van der Waals surface area contributed by atoms with Gasteiger partial charge in [0.05, 0.1) is 6.61 Å². The molecule has 0 radical (unpaired) electrons. The zero-order valence-corrected chi connectivity index (χ0v) is 17.0. The maximum atomic E-state index is 13.7. The van der Waals surface area contributed by atoms with Crippen LogP contribution in [-0.4, -0.2) is 65.1 Å². The molecule has 0 aromatic rings. The monoisotopic (exact) mass is 406 g/mol. The first kappa shape index (κ1) is 19.4. The number of hydrogen-bond acceptors (Lipinski definition) is 8. The summed E-state index contributed by atoms with van der Waals surface area (Å²) in [5.74, 6) is -6.18. The van der Waals surface area contributed by atoms with Gasteiger partial charge in [0.15, 0.2) is 11.4 Å². The van der Waals surface area contributed by atoms with E-state index < -0.39 is 52.5 Å². The summed E-state index contributed by atoms with van der Waals surface area (Å²) < 4.78 is 16.7. The minimum atomic E-state index is -2.71. The van der Waals surface area contributed by atoms with E-state index in [9.17, 15) is 24.6 Å². The third-order valence-corrected chi connectivity index (χ3v) is 8.15. The van der Waals surface area contributed by atoms with Gasteiger partial charge in [-0.3, -0.25) is 14.4 Å². The Labute approximate surface area is 168 Å². The Morgan fingerprint density at radius 3 is 2.45 bits per heavy atom. The number of hydrogen-bond donors (Lipinski definition) is 2. The first-order chi connectivity index (χ1) is 13.5. The highest BCUT2D eigenvalue weighted by Gasteiger charge is 2.79. The molecular weight excluding hydrogens is 380 g/mol. The molecule has 29 heavy (non-hydrogen) atoms. The van der Waals surface area contributed by atoms with E-state index in [1.807, 2.05) is 13.8 Å². The predicted molar refractivity (Wildman–Crippen MR) is 96.3 cm³/mol. The summed E-state index contributed by atoms with van der Waals surface area (Å²) in [6, 6.07) is 0. The smallest absolute Gasteiger partial charge is 0.317 e. The van der Waals surface area contributed by atoms with E-state index in [-0.39, 0.29) is 29.1 Å². The Kier molecular flexibility index (Phi) is 3.57. The largest absolute Gasteiger partial charge is 0.458 e. The summed E-state index contributed by atoms with van der Waals surface area (Å²) in [5.41, 5.74) is -4.22. The van der Waals surface area contributed by atoms with Gasteiger partial charge in [0, 0.05) is 30.1 Å². The van der Waals surface area contributed by atoms with Crippen molar-refractivity contribution in [3.63, 3.8) is 0 Å². The molecule has 3 aliphatic carbocycles. The molecule has 3 fully saturated rings. The molecule has 5 aliphatic rings.